The number of benzene rings is 3. The number of carbonyl (C=O) groups is 2. The van der Waals surface area contributed by atoms with Gasteiger partial charge in [0.1, 0.15) is 17.3 Å². The Bertz CT molecular complexity index is 1460. The number of hydrogen-bond acceptors (Lipinski definition) is 7. The molecule has 0 amide bonds. The molecule has 2 N–H and O–H groups in total. The number of sulfonamides is 1. The zero-order chi connectivity index (χ0) is 29.2. The number of aromatic hydroxyl groups is 2. The summed E-state index contributed by atoms with van der Waals surface area (Å²) in [5, 5.41) is 20.1. The Morgan fingerprint density at radius 1 is 0.925 bits per heavy atom. The maximum atomic E-state index is 14.8. The molecule has 3 aromatic carbocycles. The Kier molecular flexibility index (Phi) is 8.72. The van der Waals surface area contributed by atoms with E-state index >= 15 is 0 Å². The second-order valence-electron chi connectivity index (χ2n) is 10.4. The standard InChI is InChI=1S/C30H33FN2O6S/c1-19-24(11-6-12-27(19)31)28-25(29(36)20-7-4-9-22(34)15-20)17-33(14-13-32(2)40(3,38)39)18-26(28)30(37)21-8-5-10-23(35)16-21/h4-12,15-16,25-26,28,34-35H,13-14,17-18H2,1-3H3/t25-,26+,28+. The molecule has 0 aromatic heterocycles. The molecule has 3 aromatic rings. The van der Waals surface area contributed by atoms with Crippen molar-refractivity contribution >= 4 is 21.6 Å². The minimum Gasteiger partial charge on any atom is -0.508 e. The van der Waals surface area contributed by atoms with Crippen LogP contribution in [-0.4, -0.2) is 78.9 Å². The zero-order valence-corrected chi connectivity index (χ0v) is 23.4. The topological polar surface area (TPSA) is 115 Å². The highest BCUT2D eigenvalue weighted by Crippen LogP contribution is 2.42. The van der Waals surface area contributed by atoms with E-state index in [-0.39, 0.29) is 60.4 Å². The van der Waals surface area contributed by atoms with Crippen molar-refractivity contribution in [2.45, 2.75) is 12.8 Å². The summed E-state index contributed by atoms with van der Waals surface area (Å²) in [4.78, 5) is 30.0. The van der Waals surface area contributed by atoms with E-state index in [0.717, 1.165) is 6.26 Å². The lowest BCUT2D eigenvalue weighted by Gasteiger charge is -2.44. The van der Waals surface area contributed by atoms with Gasteiger partial charge in [0.2, 0.25) is 10.0 Å². The van der Waals surface area contributed by atoms with Crippen LogP contribution in [0.15, 0.2) is 66.7 Å². The average Bonchev–Trinajstić information content (AvgIpc) is 2.91. The second-order valence-corrected chi connectivity index (χ2v) is 12.5. The van der Waals surface area contributed by atoms with Gasteiger partial charge in [0.15, 0.2) is 11.6 Å². The van der Waals surface area contributed by atoms with Crippen molar-refractivity contribution in [1.82, 2.24) is 9.21 Å². The maximum Gasteiger partial charge on any atom is 0.210 e. The highest BCUT2D eigenvalue weighted by atomic mass is 32.2. The molecule has 3 atom stereocenters. The Labute approximate surface area is 233 Å². The summed E-state index contributed by atoms with van der Waals surface area (Å²) in [6.07, 6.45) is 1.11. The average molecular weight is 569 g/mol. The Balaban J connectivity index is 1.83. The zero-order valence-electron chi connectivity index (χ0n) is 22.6. The van der Waals surface area contributed by atoms with Gasteiger partial charge in [-0.25, -0.2) is 17.1 Å². The largest absolute Gasteiger partial charge is 0.508 e. The van der Waals surface area contributed by atoms with Crippen LogP contribution in [0.4, 0.5) is 4.39 Å². The quantitative estimate of drug-likeness (QED) is 0.377. The van der Waals surface area contributed by atoms with Crippen molar-refractivity contribution < 1.29 is 32.6 Å². The van der Waals surface area contributed by atoms with Gasteiger partial charge in [-0.05, 0) is 48.4 Å². The predicted octanol–water partition coefficient (Wildman–Crippen LogP) is 3.83. The molecule has 40 heavy (non-hydrogen) atoms. The number of ketones is 2. The van der Waals surface area contributed by atoms with Crippen LogP contribution in [-0.2, 0) is 10.0 Å². The number of phenols is 2. The lowest BCUT2D eigenvalue weighted by Crippen LogP contribution is -2.52. The van der Waals surface area contributed by atoms with Crippen molar-refractivity contribution in [3.05, 3.63) is 94.8 Å². The number of rotatable bonds is 9. The molecule has 4 rings (SSSR count). The molecule has 212 valence electrons. The number of hydrogen-bond donors (Lipinski definition) is 2. The van der Waals surface area contributed by atoms with Gasteiger partial charge in [0, 0.05) is 62.1 Å². The molecule has 10 heteroatoms. The molecule has 1 aliphatic heterocycles. The van der Waals surface area contributed by atoms with Crippen LogP contribution >= 0.6 is 0 Å². The van der Waals surface area contributed by atoms with E-state index in [4.69, 9.17) is 0 Å². The second kappa shape index (κ2) is 11.9. The third kappa shape index (κ3) is 6.41. The van der Waals surface area contributed by atoms with E-state index in [0.29, 0.717) is 11.1 Å². The van der Waals surface area contributed by atoms with Crippen molar-refractivity contribution in [2.75, 3.05) is 39.5 Å². The first-order valence-electron chi connectivity index (χ1n) is 12.9. The molecule has 1 aliphatic rings. The van der Waals surface area contributed by atoms with Crippen molar-refractivity contribution in [3.63, 3.8) is 0 Å². The van der Waals surface area contributed by atoms with Gasteiger partial charge in [-0.15, -0.1) is 0 Å². The van der Waals surface area contributed by atoms with E-state index < -0.39 is 33.6 Å². The first-order valence-corrected chi connectivity index (χ1v) is 14.8. The van der Waals surface area contributed by atoms with Gasteiger partial charge < -0.3 is 15.1 Å². The minimum absolute atomic E-state index is 0.0841. The lowest BCUT2D eigenvalue weighted by molar-refractivity contribution is 0.0565. The highest BCUT2D eigenvalue weighted by Gasteiger charge is 2.45. The fourth-order valence-electron chi connectivity index (χ4n) is 5.43. The van der Waals surface area contributed by atoms with Crippen LogP contribution in [0.5, 0.6) is 11.5 Å². The molecule has 0 aliphatic carbocycles. The molecule has 8 nitrogen and oxygen atoms in total. The van der Waals surface area contributed by atoms with Crippen molar-refractivity contribution in [1.29, 1.82) is 0 Å². The first-order chi connectivity index (χ1) is 18.9. The Morgan fingerprint density at radius 3 is 1.90 bits per heavy atom. The molecule has 0 bridgehead atoms. The molecular weight excluding hydrogens is 535 g/mol. The number of halogens is 1. The smallest absolute Gasteiger partial charge is 0.210 e. The number of Topliss-reactive ketones (excluding diaryl/α,β-unsaturated/α-hetero) is 2. The third-order valence-electron chi connectivity index (χ3n) is 7.68. The van der Waals surface area contributed by atoms with Gasteiger partial charge in [0.05, 0.1) is 6.26 Å². The number of likely N-dealkylation sites (tertiary alicyclic amines) is 1. The van der Waals surface area contributed by atoms with Crippen LogP contribution in [0.3, 0.4) is 0 Å². The molecule has 0 spiro atoms. The van der Waals surface area contributed by atoms with Gasteiger partial charge in [-0.1, -0.05) is 36.4 Å². The molecule has 1 saturated heterocycles. The van der Waals surface area contributed by atoms with E-state index in [9.17, 15) is 32.6 Å². The minimum atomic E-state index is -3.45. The monoisotopic (exact) mass is 568 g/mol. The molecule has 1 heterocycles. The van der Waals surface area contributed by atoms with Gasteiger partial charge in [0.25, 0.3) is 0 Å². The molecule has 0 saturated carbocycles. The lowest BCUT2D eigenvalue weighted by atomic mass is 9.68. The summed E-state index contributed by atoms with van der Waals surface area (Å²) in [5.41, 5.74) is 1.37. The Hall–Kier alpha value is -3.60. The first kappa shape index (κ1) is 29.4. The molecular formula is C30H33FN2O6S. The fourth-order valence-corrected chi connectivity index (χ4v) is 5.84. The predicted molar refractivity (Wildman–Crippen MR) is 150 cm³/mol. The van der Waals surface area contributed by atoms with Crippen molar-refractivity contribution in [2.24, 2.45) is 11.8 Å². The summed E-state index contributed by atoms with van der Waals surface area (Å²) in [6.45, 7) is 2.39. The van der Waals surface area contributed by atoms with E-state index in [1.165, 1.54) is 41.7 Å². The maximum absolute atomic E-state index is 14.8. The normalized spacial score (nSPS) is 20.0. The summed E-state index contributed by atoms with van der Waals surface area (Å²) in [6, 6.07) is 16.5. The Morgan fingerprint density at radius 2 is 1.43 bits per heavy atom. The summed E-state index contributed by atoms with van der Waals surface area (Å²) >= 11 is 0. The number of piperidine rings is 1. The molecule has 0 unspecified atom stereocenters. The van der Waals surface area contributed by atoms with E-state index in [2.05, 4.69) is 0 Å². The van der Waals surface area contributed by atoms with Crippen molar-refractivity contribution in [3.8, 4) is 11.5 Å². The van der Waals surface area contributed by atoms with Crippen LogP contribution in [0, 0.1) is 24.6 Å². The number of nitrogens with zero attached hydrogens (tertiary/aromatic N) is 2. The third-order valence-corrected chi connectivity index (χ3v) is 8.99. The number of carbonyl (C=O) groups excluding carboxylic acids is 2. The highest BCUT2D eigenvalue weighted by molar-refractivity contribution is 7.88. The van der Waals surface area contributed by atoms with E-state index in [1.54, 1.807) is 43.3 Å². The summed E-state index contributed by atoms with van der Waals surface area (Å²) < 4.78 is 40.0. The van der Waals surface area contributed by atoms with Crippen LogP contribution in [0.25, 0.3) is 0 Å². The van der Waals surface area contributed by atoms with Gasteiger partial charge in [-0.2, -0.15) is 0 Å². The van der Waals surface area contributed by atoms with Gasteiger partial charge in [-0.3, -0.25) is 9.59 Å². The summed E-state index contributed by atoms with van der Waals surface area (Å²) in [5.74, 6) is -3.61. The fraction of sp³-hybridized carbons (Fsp3) is 0.333. The van der Waals surface area contributed by atoms with Crippen LogP contribution < -0.4 is 0 Å². The molecule has 0 radical (unpaired) electrons. The van der Waals surface area contributed by atoms with Crippen LogP contribution in [0.2, 0.25) is 0 Å². The SMILES string of the molecule is Cc1c(F)cccc1[C@@H]1[C@@H](C(=O)c2cccc(O)c2)CN(CCN(C)S(C)(=O)=O)C[C@H]1C(=O)c1cccc(O)c1. The van der Waals surface area contributed by atoms with Crippen LogP contribution in [0.1, 0.15) is 37.8 Å². The van der Waals surface area contributed by atoms with E-state index in [1.807, 2.05) is 4.90 Å². The van der Waals surface area contributed by atoms with Gasteiger partial charge >= 0.3 is 0 Å². The number of likely N-dealkylation sites (N-methyl/N-ethyl adjacent to an activating group) is 1. The number of phenolic OH excluding ortho intramolecular Hbond substituents is 2. The molecule has 1 fully saturated rings. The summed E-state index contributed by atoms with van der Waals surface area (Å²) in [7, 11) is -1.99.